The summed E-state index contributed by atoms with van der Waals surface area (Å²) < 4.78 is 4.18. The number of oxime groups is 1. The van der Waals surface area contributed by atoms with E-state index in [1.807, 2.05) is 6.92 Å². The van der Waals surface area contributed by atoms with Crippen LogP contribution in [-0.4, -0.2) is 19.0 Å². The van der Waals surface area contributed by atoms with E-state index in [4.69, 9.17) is 0 Å². The molecule has 0 aromatic rings. The van der Waals surface area contributed by atoms with Crippen molar-refractivity contribution in [3.05, 3.63) is 0 Å². The van der Waals surface area contributed by atoms with Gasteiger partial charge >= 0.3 is 6.16 Å². The van der Waals surface area contributed by atoms with E-state index in [0.717, 1.165) is 12.1 Å². The first kappa shape index (κ1) is 8.94. The lowest BCUT2D eigenvalue weighted by Gasteiger charge is -1.94. The summed E-state index contributed by atoms with van der Waals surface area (Å²) in [7, 11) is 1.24. The fourth-order valence-corrected chi connectivity index (χ4v) is 0.217. The van der Waals surface area contributed by atoms with Crippen molar-refractivity contribution in [1.29, 1.82) is 0 Å². The van der Waals surface area contributed by atoms with Gasteiger partial charge in [0.2, 0.25) is 0 Å². The summed E-state index contributed by atoms with van der Waals surface area (Å²) in [6.07, 6.45) is -0.0235. The predicted octanol–water partition coefficient (Wildman–Crippen LogP) is 1.56. The number of carbonyl (C=O) groups excluding carboxylic acids is 1. The van der Waals surface area contributed by atoms with Gasteiger partial charge in [0, 0.05) is 0 Å². The minimum Gasteiger partial charge on any atom is -0.436 e. The molecule has 0 aromatic heterocycles. The minimum atomic E-state index is -0.784. The summed E-state index contributed by atoms with van der Waals surface area (Å²) in [5.41, 5.74) is 0.755. The number of methoxy groups -OCH3 is 1. The van der Waals surface area contributed by atoms with E-state index in [2.05, 4.69) is 14.7 Å². The van der Waals surface area contributed by atoms with E-state index >= 15 is 0 Å². The number of ether oxygens (including phenoxy) is 1. The van der Waals surface area contributed by atoms with Crippen LogP contribution in [0.25, 0.3) is 0 Å². The molecule has 0 atom stereocenters. The monoisotopic (exact) mass is 145 g/mol. The molecule has 0 fully saturated rings. The topological polar surface area (TPSA) is 47.9 Å². The van der Waals surface area contributed by atoms with Crippen LogP contribution < -0.4 is 0 Å². The van der Waals surface area contributed by atoms with E-state index in [0.29, 0.717) is 0 Å². The van der Waals surface area contributed by atoms with Crippen molar-refractivity contribution in [1.82, 2.24) is 0 Å². The summed E-state index contributed by atoms with van der Waals surface area (Å²) >= 11 is 0. The third-order valence-corrected chi connectivity index (χ3v) is 0.954. The second kappa shape index (κ2) is 4.78. The molecule has 0 aliphatic carbocycles. The lowest BCUT2D eigenvalue weighted by molar-refractivity contribution is 0.0751. The van der Waals surface area contributed by atoms with Gasteiger partial charge in [-0.05, 0) is 13.3 Å². The highest BCUT2D eigenvalue weighted by Crippen LogP contribution is 1.88. The van der Waals surface area contributed by atoms with Crippen molar-refractivity contribution in [2.75, 3.05) is 7.11 Å². The van der Waals surface area contributed by atoms with Crippen molar-refractivity contribution < 1.29 is 14.4 Å². The van der Waals surface area contributed by atoms with Gasteiger partial charge in [-0.1, -0.05) is 12.1 Å². The van der Waals surface area contributed by atoms with Crippen LogP contribution in [0.4, 0.5) is 4.79 Å². The molecular weight excluding hydrogens is 134 g/mol. The van der Waals surface area contributed by atoms with Gasteiger partial charge in [-0.15, -0.1) is 0 Å². The van der Waals surface area contributed by atoms with Crippen LogP contribution in [0.1, 0.15) is 20.3 Å². The number of hydrogen-bond donors (Lipinski definition) is 0. The second-order valence-electron chi connectivity index (χ2n) is 1.73. The van der Waals surface area contributed by atoms with Crippen molar-refractivity contribution in [3.8, 4) is 0 Å². The number of carbonyl (C=O) groups is 1. The fourth-order valence-electron chi connectivity index (χ4n) is 0.217. The maximum Gasteiger partial charge on any atom is 0.534 e. The molecule has 0 bridgehead atoms. The van der Waals surface area contributed by atoms with Crippen molar-refractivity contribution in [3.63, 3.8) is 0 Å². The molecule has 0 aliphatic rings. The third-order valence-electron chi connectivity index (χ3n) is 0.954. The predicted molar refractivity (Wildman–Crippen MR) is 36.9 cm³/mol. The molecule has 0 radical (unpaired) electrons. The smallest absolute Gasteiger partial charge is 0.436 e. The Kier molecular flexibility index (Phi) is 4.28. The summed E-state index contributed by atoms with van der Waals surface area (Å²) in [6.45, 7) is 3.68. The van der Waals surface area contributed by atoms with Gasteiger partial charge in [-0.25, -0.2) is 4.79 Å². The Morgan fingerprint density at radius 2 is 2.20 bits per heavy atom. The molecule has 10 heavy (non-hydrogen) atoms. The molecule has 0 aromatic carbocycles. The molecule has 0 aliphatic heterocycles. The summed E-state index contributed by atoms with van der Waals surface area (Å²) in [6, 6.07) is 0. The molecule has 0 saturated carbocycles. The Balaban J connectivity index is 3.61. The maximum atomic E-state index is 10.3. The zero-order valence-electron chi connectivity index (χ0n) is 6.38. The quantitative estimate of drug-likeness (QED) is 0.256. The minimum absolute atomic E-state index is 0.755. The SMILES string of the molecule is CCC(C)=NOC(=O)OC. The Morgan fingerprint density at radius 1 is 1.60 bits per heavy atom. The molecule has 0 heterocycles. The average molecular weight is 145 g/mol. The van der Waals surface area contributed by atoms with E-state index in [1.54, 1.807) is 6.92 Å². The largest absolute Gasteiger partial charge is 0.534 e. The Labute approximate surface area is 59.8 Å². The zero-order chi connectivity index (χ0) is 7.98. The Bertz CT molecular complexity index is 142. The maximum absolute atomic E-state index is 10.3. The van der Waals surface area contributed by atoms with Crippen molar-refractivity contribution in [2.24, 2.45) is 5.16 Å². The normalized spacial score (nSPS) is 10.9. The molecule has 4 nitrogen and oxygen atoms in total. The fraction of sp³-hybridized carbons (Fsp3) is 0.667. The van der Waals surface area contributed by atoms with Crippen LogP contribution in [0, 0.1) is 0 Å². The van der Waals surface area contributed by atoms with Crippen LogP contribution in [0.5, 0.6) is 0 Å². The number of rotatable bonds is 2. The molecule has 0 N–H and O–H groups in total. The number of nitrogens with zero attached hydrogens (tertiary/aromatic N) is 1. The van der Waals surface area contributed by atoms with Gasteiger partial charge in [-0.2, -0.15) is 0 Å². The van der Waals surface area contributed by atoms with Gasteiger partial charge in [0.1, 0.15) is 0 Å². The van der Waals surface area contributed by atoms with Crippen LogP contribution >= 0.6 is 0 Å². The highest BCUT2D eigenvalue weighted by Gasteiger charge is 1.97. The van der Waals surface area contributed by atoms with Gasteiger partial charge in [0.05, 0.1) is 12.8 Å². The van der Waals surface area contributed by atoms with E-state index in [1.165, 1.54) is 7.11 Å². The lowest BCUT2D eigenvalue weighted by atomic mass is 10.3. The first-order chi connectivity index (χ1) is 4.70. The standard InChI is InChI=1S/C6H11NO3/c1-4-5(2)7-10-6(8)9-3/h4H2,1-3H3. The van der Waals surface area contributed by atoms with Crippen LogP contribution in [-0.2, 0) is 9.57 Å². The summed E-state index contributed by atoms with van der Waals surface area (Å²) in [5.74, 6) is 0. The van der Waals surface area contributed by atoms with E-state index in [9.17, 15) is 4.79 Å². The van der Waals surface area contributed by atoms with Crippen LogP contribution in [0.15, 0.2) is 5.16 Å². The van der Waals surface area contributed by atoms with E-state index in [-0.39, 0.29) is 0 Å². The molecular formula is C6H11NO3. The van der Waals surface area contributed by atoms with Gasteiger partial charge in [-0.3, -0.25) is 4.84 Å². The lowest BCUT2D eigenvalue weighted by Crippen LogP contribution is -2.00. The van der Waals surface area contributed by atoms with E-state index < -0.39 is 6.16 Å². The Morgan fingerprint density at radius 3 is 2.60 bits per heavy atom. The first-order valence-corrected chi connectivity index (χ1v) is 2.99. The third kappa shape index (κ3) is 3.88. The average Bonchev–Trinajstić information content (AvgIpc) is 1.99. The molecule has 0 saturated heterocycles. The molecule has 0 rings (SSSR count). The van der Waals surface area contributed by atoms with Gasteiger partial charge < -0.3 is 4.74 Å². The second-order valence-corrected chi connectivity index (χ2v) is 1.73. The highest BCUT2D eigenvalue weighted by molar-refractivity contribution is 5.81. The molecule has 0 amide bonds. The molecule has 0 spiro atoms. The Hall–Kier alpha value is -1.06. The summed E-state index contributed by atoms with van der Waals surface area (Å²) in [4.78, 5) is 14.6. The van der Waals surface area contributed by atoms with Crippen LogP contribution in [0.2, 0.25) is 0 Å². The molecule has 4 heteroatoms. The molecule has 58 valence electrons. The summed E-state index contributed by atoms with van der Waals surface area (Å²) in [5, 5.41) is 3.46. The van der Waals surface area contributed by atoms with Gasteiger partial charge in [0.15, 0.2) is 0 Å². The van der Waals surface area contributed by atoms with Crippen molar-refractivity contribution >= 4 is 11.9 Å². The van der Waals surface area contributed by atoms with Crippen LogP contribution in [0.3, 0.4) is 0 Å². The highest BCUT2D eigenvalue weighted by atomic mass is 16.8. The van der Waals surface area contributed by atoms with Gasteiger partial charge in [0.25, 0.3) is 0 Å². The zero-order valence-corrected chi connectivity index (χ0v) is 6.38. The van der Waals surface area contributed by atoms with Crippen molar-refractivity contribution in [2.45, 2.75) is 20.3 Å². The first-order valence-electron chi connectivity index (χ1n) is 2.99. The molecule has 0 unspecified atom stereocenters. The number of hydrogen-bond acceptors (Lipinski definition) is 4.